The molecule has 1 rings (SSSR count). The predicted molar refractivity (Wildman–Crippen MR) is 56.9 cm³/mol. The highest BCUT2D eigenvalue weighted by atomic mass is 79.9. The van der Waals surface area contributed by atoms with Gasteiger partial charge in [0.15, 0.2) is 0 Å². The molecule has 0 aromatic carbocycles. The lowest BCUT2D eigenvalue weighted by Crippen LogP contribution is -2.42. The zero-order valence-electron chi connectivity index (χ0n) is 7.25. The second kappa shape index (κ2) is 5.12. The molecule has 0 aromatic rings. The lowest BCUT2D eigenvalue weighted by atomic mass is 10.1. The predicted octanol–water partition coefficient (Wildman–Crippen LogP) is 1.74. The summed E-state index contributed by atoms with van der Waals surface area (Å²) in [6, 6.07) is 0. The van der Waals surface area contributed by atoms with E-state index in [4.69, 9.17) is 0 Å². The fraction of sp³-hybridized carbons (Fsp3) is 0.875. The molecule has 1 fully saturated rings. The summed E-state index contributed by atoms with van der Waals surface area (Å²) in [7, 11) is 0. The number of carbonyl (C=O) groups excluding carboxylic acids is 1. The number of amides is 1. The van der Waals surface area contributed by atoms with Crippen molar-refractivity contribution in [1.82, 2.24) is 4.90 Å². The lowest BCUT2D eigenvalue weighted by Gasteiger charge is -2.29. The smallest absolute Gasteiger partial charge is 0.236 e. The molecule has 0 radical (unpaired) electrons. The Labute approximate surface area is 86.2 Å². The summed E-state index contributed by atoms with van der Waals surface area (Å²) in [5, 5.41) is 0. The molecule has 4 heteroatoms. The summed E-state index contributed by atoms with van der Waals surface area (Å²) in [4.78, 5) is 13.5. The van der Waals surface area contributed by atoms with Crippen molar-refractivity contribution in [2.45, 2.75) is 17.7 Å². The largest absolute Gasteiger partial charge is 0.341 e. The van der Waals surface area contributed by atoms with Gasteiger partial charge in [-0.05, 0) is 19.1 Å². The van der Waals surface area contributed by atoms with Crippen molar-refractivity contribution in [3.63, 3.8) is 0 Å². The van der Waals surface area contributed by atoms with Gasteiger partial charge in [0.2, 0.25) is 5.91 Å². The van der Waals surface area contributed by atoms with Crippen LogP contribution in [0.4, 0.5) is 0 Å². The Morgan fingerprint density at radius 1 is 1.75 bits per heavy atom. The number of thioether (sulfide) groups is 1. The van der Waals surface area contributed by atoms with Crippen LogP contribution in [0, 0.1) is 0 Å². The molecule has 0 saturated carbocycles. The van der Waals surface area contributed by atoms with E-state index in [1.54, 1.807) is 11.8 Å². The molecule has 2 nitrogen and oxygen atoms in total. The Bertz CT molecular complexity index is 165. The minimum Gasteiger partial charge on any atom is -0.341 e. The molecule has 1 atom stereocenters. The zero-order valence-corrected chi connectivity index (χ0v) is 9.66. The quantitative estimate of drug-likeness (QED) is 0.713. The maximum absolute atomic E-state index is 11.5. The highest BCUT2D eigenvalue weighted by molar-refractivity contribution is 9.10. The van der Waals surface area contributed by atoms with Crippen LogP contribution in [0.15, 0.2) is 0 Å². The van der Waals surface area contributed by atoms with Crippen molar-refractivity contribution in [3.05, 3.63) is 0 Å². The number of hydrogen-bond donors (Lipinski definition) is 0. The molecule has 12 heavy (non-hydrogen) atoms. The van der Waals surface area contributed by atoms with Gasteiger partial charge in [0.25, 0.3) is 0 Å². The minimum atomic E-state index is 0.0770. The maximum Gasteiger partial charge on any atom is 0.236 e. The first-order valence-electron chi connectivity index (χ1n) is 4.17. The number of hydrogen-bond acceptors (Lipinski definition) is 2. The Morgan fingerprint density at radius 3 is 3.17 bits per heavy atom. The molecule has 1 amide bonds. The topological polar surface area (TPSA) is 20.3 Å². The molecule has 1 heterocycles. The number of halogens is 1. The summed E-state index contributed by atoms with van der Waals surface area (Å²) < 4.78 is 0. The van der Waals surface area contributed by atoms with Crippen molar-refractivity contribution in [2.75, 3.05) is 25.1 Å². The first-order valence-corrected chi connectivity index (χ1v) is 6.48. The third-order valence-electron chi connectivity index (χ3n) is 2.03. The molecule has 0 aliphatic carbocycles. The van der Waals surface area contributed by atoms with Crippen LogP contribution in [0.5, 0.6) is 0 Å². The first kappa shape index (κ1) is 10.4. The van der Waals surface area contributed by atoms with Crippen LogP contribution < -0.4 is 0 Å². The highest BCUT2D eigenvalue weighted by Gasteiger charge is 2.25. The second-order valence-corrected chi connectivity index (χ2v) is 5.02. The van der Waals surface area contributed by atoms with Crippen LogP contribution in [-0.4, -0.2) is 40.7 Å². The fourth-order valence-electron chi connectivity index (χ4n) is 1.32. The third kappa shape index (κ3) is 2.66. The van der Waals surface area contributed by atoms with Gasteiger partial charge in [-0.1, -0.05) is 15.9 Å². The van der Waals surface area contributed by atoms with Gasteiger partial charge < -0.3 is 4.90 Å². The van der Waals surface area contributed by atoms with Crippen LogP contribution in [-0.2, 0) is 4.79 Å². The minimum absolute atomic E-state index is 0.0770. The van der Waals surface area contributed by atoms with E-state index < -0.39 is 0 Å². The molecule has 0 aromatic heterocycles. The van der Waals surface area contributed by atoms with Crippen molar-refractivity contribution in [1.29, 1.82) is 0 Å². The van der Waals surface area contributed by atoms with Gasteiger partial charge in [-0.15, -0.1) is 0 Å². The maximum atomic E-state index is 11.5. The summed E-state index contributed by atoms with van der Waals surface area (Å²) >= 11 is 5.18. The molecule has 1 unspecified atom stereocenters. The van der Waals surface area contributed by atoms with E-state index in [-0.39, 0.29) is 10.7 Å². The number of carbonyl (C=O) groups is 1. The summed E-state index contributed by atoms with van der Waals surface area (Å²) in [5.41, 5.74) is 0. The summed E-state index contributed by atoms with van der Waals surface area (Å²) in [5.74, 6) is 1.32. The van der Waals surface area contributed by atoms with Crippen LogP contribution in [0.3, 0.4) is 0 Å². The van der Waals surface area contributed by atoms with Crippen LogP contribution in [0.2, 0.25) is 0 Å². The van der Waals surface area contributed by atoms with Crippen LogP contribution >= 0.6 is 27.7 Å². The van der Waals surface area contributed by atoms with E-state index in [0.717, 1.165) is 31.7 Å². The first-order chi connectivity index (χ1) is 5.75. The molecule has 0 bridgehead atoms. The van der Waals surface area contributed by atoms with Crippen LogP contribution in [0.25, 0.3) is 0 Å². The fourth-order valence-corrected chi connectivity index (χ4v) is 2.33. The van der Waals surface area contributed by atoms with Gasteiger partial charge in [-0.3, -0.25) is 4.79 Å². The van der Waals surface area contributed by atoms with E-state index in [1.807, 2.05) is 4.90 Å². The van der Waals surface area contributed by atoms with Gasteiger partial charge in [-0.25, -0.2) is 0 Å². The van der Waals surface area contributed by atoms with Gasteiger partial charge in [0.1, 0.15) is 0 Å². The number of nitrogens with zero attached hydrogens (tertiary/aromatic N) is 1. The molecule has 1 aliphatic rings. The van der Waals surface area contributed by atoms with E-state index in [1.165, 1.54) is 0 Å². The molecule has 70 valence electrons. The molecule has 1 aliphatic heterocycles. The second-order valence-electron chi connectivity index (χ2n) is 2.93. The van der Waals surface area contributed by atoms with Crippen LogP contribution in [0.1, 0.15) is 12.8 Å². The van der Waals surface area contributed by atoms with Gasteiger partial charge in [0.05, 0.1) is 4.83 Å². The van der Waals surface area contributed by atoms with E-state index >= 15 is 0 Å². The lowest BCUT2D eigenvalue weighted by molar-refractivity contribution is -0.132. The Morgan fingerprint density at radius 2 is 2.50 bits per heavy atom. The van der Waals surface area contributed by atoms with Crippen molar-refractivity contribution in [3.8, 4) is 0 Å². The highest BCUT2D eigenvalue weighted by Crippen LogP contribution is 2.18. The monoisotopic (exact) mass is 251 g/mol. The summed E-state index contributed by atoms with van der Waals surface area (Å²) in [6.45, 7) is 1.85. The summed E-state index contributed by atoms with van der Waals surface area (Å²) in [6.07, 6.45) is 4.20. The van der Waals surface area contributed by atoms with E-state index in [9.17, 15) is 4.79 Å². The van der Waals surface area contributed by atoms with Gasteiger partial charge in [0, 0.05) is 18.8 Å². The average molecular weight is 252 g/mol. The van der Waals surface area contributed by atoms with Gasteiger partial charge in [-0.2, -0.15) is 11.8 Å². The van der Waals surface area contributed by atoms with Gasteiger partial charge >= 0.3 is 0 Å². The number of rotatable bonds is 3. The normalized spacial score (nSPS) is 24.7. The molecule has 0 N–H and O–H groups in total. The standard InChI is InChI=1S/C8H14BrNOS/c1-12-6-5-10-4-2-3-7(9)8(10)11/h7H,2-6H2,1H3. The molecular formula is C8H14BrNOS. The van der Waals surface area contributed by atoms with E-state index in [2.05, 4.69) is 22.2 Å². The van der Waals surface area contributed by atoms with Crippen molar-refractivity contribution >= 4 is 33.6 Å². The van der Waals surface area contributed by atoms with Crippen molar-refractivity contribution in [2.24, 2.45) is 0 Å². The number of likely N-dealkylation sites (tertiary alicyclic amines) is 1. The molecular weight excluding hydrogens is 238 g/mol. The Balaban J connectivity index is 2.36. The SMILES string of the molecule is CSCCN1CCCC(Br)C1=O. The molecule has 1 saturated heterocycles. The molecule has 0 spiro atoms. The Kier molecular flexibility index (Phi) is 4.43. The number of piperidine rings is 1. The van der Waals surface area contributed by atoms with E-state index in [0.29, 0.717) is 0 Å². The van der Waals surface area contributed by atoms with Crippen molar-refractivity contribution < 1.29 is 4.79 Å². The third-order valence-corrected chi connectivity index (χ3v) is 3.47. The zero-order chi connectivity index (χ0) is 8.97. The average Bonchev–Trinajstić information content (AvgIpc) is 2.08. The number of alkyl halides is 1. The Hall–Kier alpha value is 0.300.